The number of hydrogen-bond donors (Lipinski definition) is 1. The predicted octanol–water partition coefficient (Wildman–Crippen LogP) is 3.02. The first-order valence-corrected chi connectivity index (χ1v) is 8.87. The van der Waals surface area contributed by atoms with Crippen LogP contribution in [0.25, 0.3) is 0 Å². The van der Waals surface area contributed by atoms with Crippen molar-refractivity contribution in [1.82, 2.24) is 9.88 Å². The van der Waals surface area contributed by atoms with E-state index in [1.807, 2.05) is 49.3 Å². The lowest BCUT2D eigenvalue weighted by Gasteiger charge is -2.27. The van der Waals surface area contributed by atoms with Crippen LogP contribution in [-0.2, 0) is 16.1 Å². The summed E-state index contributed by atoms with van der Waals surface area (Å²) in [5.41, 5.74) is 2.81. The average Bonchev–Trinajstić information content (AvgIpc) is 2.93. The Bertz CT molecular complexity index is 873. The molecule has 1 aromatic heterocycles. The van der Waals surface area contributed by atoms with E-state index in [0.29, 0.717) is 0 Å². The van der Waals surface area contributed by atoms with Crippen LogP contribution in [0, 0.1) is 0 Å². The van der Waals surface area contributed by atoms with Gasteiger partial charge in [-0.1, -0.05) is 25.1 Å². The first-order chi connectivity index (χ1) is 12.9. The third-order valence-corrected chi connectivity index (χ3v) is 4.73. The lowest BCUT2D eigenvalue weighted by atomic mass is 9.94. The summed E-state index contributed by atoms with van der Waals surface area (Å²) < 4.78 is 0. The van der Waals surface area contributed by atoms with E-state index in [1.54, 1.807) is 25.4 Å². The van der Waals surface area contributed by atoms with Gasteiger partial charge in [-0.15, -0.1) is 0 Å². The molecule has 0 radical (unpaired) electrons. The van der Waals surface area contributed by atoms with E-state index < -0.39 is 17.7 Å². The van der Waals surface area contributed by atoms with Crippen LogP contribution in [0.15, 0.2) is 60.1 Å². The van der Waals surface area contributed by atoms with Gasteiger partial charge in [-0.3, -0.25) is 14.6 Å². The van der Waals surface area contributed by atoms with Crippen molar-refractivity contribution in [3.63, 3.8) is 0 Å². The predicted molar refractivity (Wildman–Crippen MR) is 103 cm³/mol. The first kappa shape index (κ1) is 18.6. The molecule has 1 aliphatic heterocycles. The van der Waals surface area contributed by atoms with Crippen LogP contribution in [0.1, 0.15) is 30.5 Å². The van der Waals surface area contributed by atoms with Crippen LogP contribution in [0.3, 0.4) is 0 Å². The molecule has 1 unspecified atom stereocenters. The minimum atomic E-state index is -0.610. The van der Waals surface area contributed by atoms with Crippen molar-refractivity contribution in [3.05, 3.63) is 71.3 Å². The summed E-state index contributed by atoms with van der Waals surface area (Å²) >= 11 is 0. The number of anilines is 1. The van der Waals surface area contributed by atoms with Crippen LogP contribution in [0.5, 0.6) is 0 Å². The number of Topliss-reactive ketones (excluding diaryl/α,β-unsaturated/α-hetero) is 1. The number of benzene rings is 1. The number of amides is 1. The van der Waals surface area contributed by atoms with E-state index in [2.05, 4.69) is 4.98 Å². The fourth-order valence-electron chi connectivity index (χ4n) is 3.28. The van der Waals surface area contributed by atoms with Crippen LogP contribution < -0.4 is 4.90 Å². The molecular weight excluding hydrogens is 342 g/mol. The number of nitrogens with zero attached hydrogens (tertiary/aromatic N) is 3. The molecule has 1 N–H and O–H groups in total. The molecule has 1 aliphatic rings. The van der Waals surface area contributed by atoms with Gasteiger partial charge in [-0.25, -0.2) is 0 Å². The topological polar surface area (TPSA) is 73.7 Å². The molecule has 2 heterocycles. The summed E-state index contributed by atoms with van der Waals surface area (Å²) in [6.45, 7) is 1.99. The minimum Gasteiger partial charge on any atom is -0.503 e. The molecule has 6 heteroatoms. The third-order valence-electron chi connectivity index (χ3n) is 4.73. The fourth-order valence-corrected chi connectivity index (χ4v) is 3.28. The summed E-state index contributed by atoms with van der Waals surface area (Å²) in [4.78, 5) is 32.8. The molecule has 3 rings (SSSR count). The molecule has 0 bridgehead atoms. The van der Waals surface area contributed by atoms with E-state index in [4.69, 9.17) is 0 Å². The normalized spacial score (nSPS) is 16.8. The number of rotatable bonds is 6. The highest BCUT2D eigenvalue weighted by molar-refractivity contribution is 6.08. The zero-order chi connectivity index (χ0) is 19.6. The third kappa shape index (κ3) is 3.56. The van der Waals surface area contributed by atoms with E-state index in [9.17, 15) is 14.7 Å². The zero-order valence-electron chi connectivity index (χ0n) is 15.7. The molecule has 0 aliphatic carbocycles. The molecule has 1 amide bonds. The van der Waals surface area contributed by atoms with Gasteiger partial charge in [0, 0.05) is 45.1 Å². The van der Waals surface area contributed by atoms with Crippen molar-refractivity contribution in [3.8, 4) is 0 Å². The average molecular weight is 365 g/mol. The second kappa shape index (κ2) is 7.61. The smallest absolute Gasteiger partial charge is 0.290 e. The van der Waals surface area contributed by atoms with Crippen molar-refractivity contribution in [2.45, 2.75) is 25.9 Å². The lowest BCUT2D eigenvalue weighted by Crippen LogP contribution is -2.30. The van der Waals surface area contributed by atoms with E-state index in [0.717, 1.165) is 16.8 Å². The van der Waals surface area contributed by atoms with Crippen LogP contribution in [-0.4, -0.2) is 40.8 Å². The number of aromatic nitrogens is 1. The lowest BCUT2D eigenvalue weighted by molar-refractivity contribution is -0.130. The minimum absolute atomic E-state index is 0.170. The highest BCUT2D eigenvalue weighted by Gasteiger charge is 2.42. The number of pyridine rings is 1. The van der Waals surface area contributed by atoms with Crippen molar-refractivity contribution >= 4 is 17.4 Å². The fraction of sp³-hybridized carbons (Fsp3) is 0.286. The van der Waals surface area contributed by atoms with E-state index in [-0.39, 0.29) is 24.3 Å². The molecule has 0 saturated carbocycles. The molecular formula is C21H23N3O3. The van der Waals surface area contributed by atoms with Crippen molar-refractivity contribution in [2.24, 2.45) is 0 Å². The largest absolute Gasteiger partial charge is 0.503 e. The van der Waals surface area contributed by atoms with Crippen molar-refractivity contribution in [1.29, 1.82) is 0 Å². The Hall–Kier alpha value is -3.15. The van der Waals surface area contributed by atoms with Gasteiger partial charge < -0.3 is 14.9 Å². The summed E-state index contributed by atoms with van der Waals surface area (Å²) in [5, 5.41) is 10.4. The maximum absolute atomic E-state index is 12.7. The molecule has 0 spiro atoms. The SMILES string of the molecule is CCC(=O)C1=C(O)C(=O)N(Cc2cccnc2)C1c1ccc(N(C)C)cc1. The molecule has 1 aromatic carbocycles. The molecule has 0 saturated heterocycles. The van der Waals surface area contributed by atoms with E-state index >= 15 is 0 Å². The van der Waals surface area contributed by atoms with Crippen LogP contribution >= 0.6 is 0 Å². The zero-order valence-corrected chi connectivity index (χ0v) is 15.7. The van der Waals surface area contributed by atoms with Crippen molar-refractivity contribution in [2.75, 3.05) is 19.0 Å². The monoisotopic (exact) mass is 365 g/mol. The second-order valence-corrected chi connectivity index (χ2v) is 6.72. The highest BCUT2D eigenvalue weighted by Crippen LogP contribution is 2.39. The Morgan fingerprint density at radius 2 is 1.93 bits per heavy atom. The quantitative estimate of drug-likeness (QED) is 0.852. The second-order valence-electron chi connectivity index (χ2n) is 6.72. The number of aliphatic hydroxyl groups excluding tert-OH is 1. The summed E-state index contributed by atoms with van der Waals surface area (Å²) in [7, 11) is 3.89. The Kier molecular flexibility index (Phi) is 5.26. The maximum atomic E-state index is 12.7. The van der Waals surface area contributed by atoms with Gasteiger partial charge in [-0.05, 0) is 29.3 Å². The van der Waals surface area contributed by atoms with Gasteiger partial charge in [-0.2, -0.15) is 0 Å². The Labute approximate surface area is 158 Å². The molecule has 6 nitrogen and oxygen atoms in total. The van der Waals surface area contributed by atoms with Crippen LogP contribution in [0.4, 0.5) is 5.69 Å². The summed E-state index contributed by atoms with van der Waals surface area (Å²) in [6.07, 6.45) is 3.56. The summed E-state index contributed by atoms with van der Waals surface area (Å²) in [5.74, 6) is -1.21. The number of ketones is 1. The van der Waals surface area contributed by atoms with Crippen LogP contribution in [0.2, 0.25) is 0 Å². The van der Waals surface area contributed by atoms with Gasteiger partial charge in [0.1, 0.15) is 0 Å². The van der Waals surface area contributed by atoms with Gasteiger partial charge in [0.05, 0.1) is 11.6 Å². The maximum Gasteiger partial charge on any atom is 0.290 e. The Balaban J connectivity index is 2.04. The Morgan fingerprint density at radius 3 is 2.48 bits per heavy atom. The standard InChI is InChI=1S/C21H23N3O3/c1-4-17(25)18-19(15-7-9-16(10-8-15)23(2)3)24(21(27)20(18)26)13-14-6-5-11-22-12-14/h5-12,19,26H,4,13H2,1-3H3. The summed E-state index contributed by atoms with van der Waals surface area (Å²) in [6, 6.07) is 10.7. The van der Waals surface area contributed by atoms with E-state index in [1.165, 1.54) is 4.90 Å². The molecule has 2 aromatic rings. The van der Waals surface area contributed by atoms with Gasteiger partial charge in [0.2, 0.25) is 0 Å². The van der Waals surface area contributed by atoms with Crippen molar-refractivity contribution < 1.29 is 14.7 Å². The molecule has 140 valence electrons. The number of carbonyl (C=O) groups is 2. The van der Waals surface area contributed by atoms with Gasteiger partial charge in [0.15, 0.2) is 11.5 Å². The highest BCUT2D eigenvalue weighted by atomic mass is 16.3. The molecule has 27 heavy (non-hydrogen) atoms. The van der Waals surface area contributed by atoms with Gasteiger partial charge >= 0.3 is 0 Å². The van der Waals surface area contributed by atoms with Gasteiger partial charge in [0.25, 0.3) is 5.91 Å². The first-order valence-electron chi connectivity index (χ1n) is 8.87. The number of aliphatic hydroxyl groups is 1. The number of carbonyl (C=O) groups excluding carboxylic acids is 2. The molecule has 1 atom stereocenters. The Morgan fingerprint density at radius 1 is 1.22 bits per heavy atom. The molecule has 0 fully saturated rings. The number of hydrogen-bond acceptors (Lipinski definition) is 5.